The molecule has 0 saturated carbocycles. The number of nitrogens with two attached hydrogens (primary N) is 1. The molecule has 22 heavy (non-hydrogen) atoms. The number of aromatic nitrogens is 3. The molecule has 3 N–H and O–H groups in total. The molecule has 0 unspecified atom stereocenters. The van der Waals surface area contributed by atoms with Crippen molar-refractivity contribution in [1.29, 1.82) is 0 Å². The Morgan fingerprint density at radius 2 is 2.05 bits per heavy atom. The van der Waals surface area contributed by atoms with Crippen LogP contribution in [0.15, 0.2) is 29.0 Å². The van der Waals surface area contributed by atoms with Crippen LogP contribution in [0.2, 0.25) is 0 Å². The zero-order valence-corrected chi connectivity index (χ0v) is 14.7. The van der Waals surface area contributed by atoms with E-state index in [2.05, 4.69) is 38.1 Å². The van der Waals surface area contributed by atoms with Gasteiger partial charge in [-0.15, -0.1) is 11.3 Å². The van der Waals surface area contributed by atoms with Crippen LogP contribution >= 0.6 is 27.3 Å². The first-order chi connectivity index (χ1) is 10.6. The molecule has 114 valence electrons. The van der Waals surface area contributed by atoms with Crippen LogP contribution in [0.25, 0.3) is 21.6 Å². The molecule has 0 radical (unpaired) electrons. The molecule has 0 amide bonds. The van der Waals surface area contributed by atoms with Crippen molar-refractivity contribution in [3.8, 4) is 11.4 Å². The second-order valence-corrected chi connectivity index (χ2v) is 7.16. The average molecular weight is 378 g/mol. The van der Waals surface area contributed by atoms with Crippen LogP contribution in [0.1, 0.15) is 11.8 Å². The van der Waals surface area contributed by atoms with Gasteiger partial charge in [0.05, 0.1) is 9.17 Å². The smallest absolute Gasteiger partial charge is 0.162 e. The summed E-state index contributed by atoms with van der Waals surface area (Å²) in [6.07, 6.45) is 3.48. The molecule has 3 aromatic heterocycles. The minimum atomic E-state index is 0.0545. The lowest BCUT2D eigenvalue weighted by molar-refractivity contribution is 0.778. The fourth-order valence-electron chi connectivity index (χ4n) is 2.07. The molecule has 5 nitrogen and oxygen atoms in total. The molecule has 3 aromatic rings. The van der Waals surface area contributed by atoms with E-state index in [0.717, 1.165) is 26.1 Å². The van der Waals surface area contributed by atoms with Gasteiger partial charge in [-0.1, -0.05) is 0 Å². The van der Waals surface area contributed by atoms with Crippen molar-refractivity contribution in [3.63, 3.8) is 0 Å². The SMILES string of the molecule is Cc1sc2c(NC[C@@H](C)N)nc(-c3ccncc3)nc2c1Br. The highest BCUT2D eigenvalue weighted by Gasteiger charge is 2.16. The van der Waals surface area contributed by atoms with Crippen LogP contribution in [0.5, 0.6) is 0 Å². The monoisotopic (exact) mass is 377 g/mol. The predicted molar refractivity (Wildman–Crippen MR) is 95.2 cm³/mol. The fourth-order valence-corrected chi connectivity index (χ4v) is 3.68. The highest BCUT2D eigenvalue weighted by molar-refractivity contribution is 9.10. The maximum atomic E-state index is 5.85. The largest absolute Gasteiger partial charge is 0.367 e. The van der Waals surface area contributed by atoms with Crippen LogP contribution in [-0.2, 0) is 0 Å². The minimum Gasteiger partial charge on any atom is -0.367 e. The third-order valence-electron chi connectivity index (χ3n) is 3.17. The summed E-state index contributed by atoms with van der Waals surface area (Å²) in [5, 5.41) is 3.34. The first-order valence-electron chi connectivity index (χ1n) is 6.92. The van der Waals surface area contributed by atoms with Gasteiger partial charge in [0, 0.05) is 35.4 Å². The molecule has 0 aliphatic carbocycles. The Hall–Kier alpha value is -1.57. The normalized spacial score (nSPS) is 12.5. The topological polar surface area (TPSA) is 76.7 Å². The van der Waals surface area contributed by atoms with E-state index in [0.29, 0.717) is 12.4 Å². The summed E-state index contributed by atoms with van der Waals surface area (Å²) in [6.45, 7) is 4.69. The summed E-state index contributed by atoms with van der Waals surface area (Å²) in [7, 11) is 0. The van der Waals surface area contributed by atoms with Gasteiger partial charge in [-0.25, -0.2) is 9.97 Å². The Labute approximate surface area is 141 Å². The summed E-state index contributed by atoms with van der Waals surface area (Å²) in [4.78, 5) is 14.6. The van der Waals surface area contributed by atoms with Crippen molar-refractivity contribution in [2.75, 3.05) is 11.9 Å². The second-order valence-electron chi connectivity index (χ2n) is 5.14. The zero-order chi connectivity index (χ0) is 15.7. The number of aryl methyl sites for hydroxylation is 1. The van der Waals surface area contributed by atoms with Gasteiger partial charge in [-0.2, -0.15) is 0 Å². The van der Waals surface area contributed by atoms with Crippen LogP contribution < -0.4 is 11.1 Å². The van der Waals surface area contributed by atoms with Gasteiger partial charge in [0.25, 0.3) is 0 Å². The molecule has 7 heteroatoms. The highest BCUT2D eigenvalue weighted by Crippen LogP contribution is 2.38. The van der Waals surface area contributed by atoms with E-state index in [4.69, 9.17) is 10.7 Å². The first-order valence-corrected chi connectivity index (χ1v) is 8.53. The van der Waals surface area contributed by atoms with Crippen molar-refractivity contribution in [1.82, 2.24) is 15.0 Å². The van der Waals surface area contributed by atoms with Gasteiger partial charge in [-0.05, 0) is 41.9 Å². The number of thiophene rings is 1. The molecule has 0 aliphatic heterocycles. The quantitative estimate of drug-likeness (QED) is 0.726. The molecule has 0 aromatic carbocycles. The number of hydrogen-bond acceptors (Lipinski definition) is 6. The Morgan fingerprint density at radius 3 is 2.73 bits per heavy atom. The highest BCUT2D eigenvalue weighted by atomic mass is 79.9. The summed E-state index contributed by atoms with van der Waals surface area (Å²) < 4.78 is 2.07. The van der Waals surface area contributed by atoms with Crippen molar-refractivity contribution in [2.45, 2.75) is 19.9 Å². The summed E-state index contributed by atoms with van der Waals surface area (Å²) >= 11 is 5.30. The Balaban J connectivity index is 2.16. The van der Waals surface area contributed by atoms with E-state index < -0.39 is 0 Å². The van der Waals surface area contributed by atoms with Gasteiger partial charge < -0.3 is 11.1 Å². The van der Waals surface area contributed by atoms with E-state index in [1.807, 2.05) is 19.1 Å². The number of rotatable bonds is 4. The van der Waals surface area contributed by atoms with E-state index in [1.165, 1.54) is 4.88 Å². The number of nitrogens with zero attached hydrogens (tertiary/aromatic N) is 3. The summed E-state index contributed by atoms with van der Waals surface area (Å²) in [6, 6.07) is 3.87. The Morgan fingerprint density at radius 1 is 1.32 bits per heavy atom. The molecular weight excluding hydrogens is 362 g/mol. The van der Waals surface area contributed by atoms with Crippen LogP contribution in [-0.4, -0.2) is 27.5 Å². The zero-order valence-electron chi connectivity index (χ0n) is 12.3. The molecule has 0 bridgehead atoms. The standard InChI is InChI=1S/C15H16BrN5S/c1-8(17)7-19-15-13-12(11(16)9(2)22-13)20-14(21-15)10-3-5-18-6-4-10/h3-6,8H,7,17H2,1-2H3,(H,19,20,21)/t8-/m1/s1. The van der Waals surface area contributed by atoms with Gasteiger partial charge in [0.2, 0.25) is 0 Å². The fraction of sp³-hybridized carbons (Fsp3) is 0.267. The van der Waals surface area contributed by atoms with E-state index in [9.17, 15) is 0 Å². The molecule has 3 rings (SSSR count). The van der Waals surface area contributed by atoms with E-state index in [1.54, 1.807) is 23.7 Å². The van der Waals surface area contributed by atoms with Gasteiger partial charge in [0.15, 0.2) is 5.82 Å². The van der Waals surface area contributed by atoms with E-state index >= 15 is 0 Å². The summed E-state index contributed by atoms with van der Waals surface area (Å²) in [5.41, 5.74) is 7.72. The molecule has 3 heterocycles. The van der Waals surface area contributed by atoms with Crippen molar-refractivity contribution in [3.05, 3.63) is 33.9 Å². The van der Waals surface area contributed by atoms with Gasteiger partial charge in [0.1, 0.15) is 11.3 Å². The van der Waals surface area contributed by atoms with Crippen LogP contribution in [0.4, 0.5) is 5.82 Å². The second kappa shape index (κ2) is 6.28. The third kappa shape index (κ3) is 2.97. The summed E-state index contributed by atoms with van der Waals surface area (Å²) in [5.74, 6) is 1.51. The maximum Gasteiger partial charge on any atom is 0.162 e. The van der Waals surface area contributed by atoms with Gasteiger partial charge in [-0.3, -0.25) is 4.98 Å². The maximum absolute atomic E-state index is 5.85. The minimum absolute atomic E-state index is 0.0545. The van der Waals surface area contributed by atoms with Gasteiger partial charge >= 0.3 is 0 Å². The van der Waals surface area contributed by atoms with Crippen molar-refractivity contribution < 1.29 is 0 Å². The predicted octanol–water partition coefficient (Wildman–Crippen LogP) is 3.58. The number of anilines is 1. The number of nitrogens with one attached hydrogen (secondary N) is 1. The Kier molecular flexibility index (Phi) is 4.37. The number of hydrogen-bond donors (Lipinski definition) is 2. The van der Waals surface area contributed by atoms with Crippen LogP contribution in [0, 0.1) is 6.92 Å². The first kappa shape index (κ1) is 15.3. The lowest BCUT2D eigenvalue weighted by Crippen LogP contribution is -2.25. The number of halogens is 1. The molecule has 0 saturated heterocycles. The molecule has 0 aliphatic rings. The Bertz CT molecular complexity index is 801. The third-order valence-corrected chi connectivity index (χ3v) is 5.50. The number of fused-ring (bicyclic) bond motifs is 1. The van der Waals surface area contributed by atoms with Crippen molar-refractivity contribution in [2.24, 2.45) is 5.73 Å². The molecular formula is C15H16BrN5S. The number of pyridine rings is 1. The van der Waals surface area contributed by atoms with Crippen molar-refractivity contribution >= 4 is 43.3 Å². The van der Waals surface area contributed by atoms with Crippen LogP contribution in [0.3, 0.4) is 0 Å². The molecule has 0 spiro atoms. The lowest BCUT2D eigenvalue weighted by Gasteiger charge is -2.10. The average Bonchev–Trinajstić information content (AvgIpc) is 2.81. The molecule has 0 fully saturated rings. The van der Waals surface area contributed by atoms with E-state index in [-0.39, 0.29) is 6.04 Å². The lowest BCUT2D eigenvalue weighted by atomic mass is 10.2. The molecule has 1 atom stereocenters.